The number of halogens is 2. The second-order valence-corrected chi connectivity index (χ2v) is 5.18. The minimum atomic E-state index is -0.557. The van der Waals surface area contributed by atoms with Gasteiger partial charge < -0.3 is 11.1 Å². The van der Waals surface area contributed by atoms with Gasteiger partial charge in [-0.2, -0.15) is 0 Å². The Morgan fingerprint density at radius 3 is 2.67 bits per heavy atom. The molecule has 0 amide bonds. The second kappa shape index (κ2) is 5.76. The lowest BCUT2D eigenvalue weighted by atomic mass is 10.0. The van der Waals surface area contributed by atoms with E-state index < -0.39 is 11.6 Å². The van der Waals surface area contributed by atoms with Crippen LogP contribution in [0.5, 0.6) is 0 Å². The zero-order chi connectivity index (χ0) is 13.1. The molecule has 0 aromatic heterocycles. The molecule has 1 aromatic rings. The molecule has 0 heterocycles. The van der Waals surface area contributed by atoms with Gasteiger partial charge in [-0.05, 0) is 37.3 Å². The summed E-state index contributed by atoms with van der Waals surface area (Å²) in [5.74, 6) is 0.298. The smallest absolute Gasteiger partial charge is 0.130 e. The van der Waals surface area contributed by atoms with Crippen molar-refractivity contribution in [2.24, 2.45) is 17.6 Å². The van der Waals surface area contributed by atoms with Crippen molar-refractivity contribution in [3.63, 3.8) is 0 Å². The molecule has 0 spiro atoms. The van der Waals surface area contributed by atoms with Crippen LogP contribution in [-0.4, -0.2) is 13.1 Å². The highest BCUT2D eigenvalue weighted by Crippen LogP contribution is 2.36. The quantitative estimate of drug-likeness (QED) is 0.819. The molecule has 0 saturated heterocycles. The predicted molar refractivity (Wildman–Crippen MR) is 68.0 cm³/mol. The van der Waals surface area contributed by atoms with Crippen molar-refractivity contribution in [3.05, 3.63) is 35.4 Å². The van der Waals surface area contributed by atoms with Gasteiger partial charge in [-0.1, -0.05) is 13.0 Å². The van der Waals surface area contributed by atoms with E-state index in [0.717, 1.165) is 18.5 Å². The van der Waals surface area contributed by atoms with Crippen LogP contribution in [0.4, 0.5) is 8.78 Å². The van der Waals surface area contributed by atoms with E-state index in [9.17, 15) is 8.78 Å². The van der Waals surface area contributed by atoms with Crippen molar-refractivity contribution in [3.8, 4) is 0 Å². The molecule has 0 bridgehead atoms. The van der Waals surface area contributed by atoms with Crippen LogP contribution in [0.15, 0.2) is 18.2 Å². The molecule has 2 nitrogen and oxygen atoms in total. The first-order chi connectivity index (χ1) is 8.61. The van der Waals surface area contributed by atoms with Crippen molar-refractivity contribution in [1.29, 1.82) is 0 Å². The summed E-state index contributed by atoms with van der Waals surface area (Å²) in [5.41, 5.74) is 6.11. The Balaban J connectivity index is 1.98. The number of benzene rings is 1. The minimum absolute atomic E-state index is 0.244. The summed E-state index contributed by atoms with van der Waals surface area (Å²) >= 11 is 0. The number of rotatable bonds is 6. The van der Waals surface area contributed by atoms with E-state index in [1.54, 1.807) is 0 Å². The second-order valence-electron chi connectivity index (χ2n) is 5.18. The third-order valence-corrected chi connectivity index (χ3v) is 3.69. The van der Waals surface area contributed by atoms with Gasteiger partial charge in [0.15, 0.2) is 0 Å². The summed E-state index contributed by atoms with van der Waals surface area (Å²) in [6.07, 6.45) is 2.59. The van der Waals surface area contributed by atoms with Gasteiger partial charge in [0.2, 0.25) is 0 Å². The summed E-state index contributed by atoms with van der Waals surface area (Å²) in [4.78, 5) is 0. The maximum absolute atomic E-state index is 13.6. The topological polar surface area (TPSA) is 38.0 Å². The highest BCUT2D eigenvalue weighted by atomic mass is 19.1. The predicted octanol–water partition coefficient (Wildman–Crippen LogP) is 2.60. The Labute approximate surface area is 107 Å². The maximum atomic E-state index is 13.6. The zero-order valence-electron chi connectivity index (χ0n) is 10.6. The number of nitrogens with one attached hydrogen (secondary N) is 1. The van der Waals surface area contributed by atoms with E-state index in [0.29, 0.717) is 18.0 Å². The number of hydrogen-bond acceptors (Lipinski definition) is 2. The molecule has 1 aromatic carbocycles. The molecule has 18 heavy (non-hydrogen) atoms. The van der Waals surface area contributed by atoms with Crippen LogP contribution in [0, 0.1) is 23.5 Å². The molecule has 1 aliphatic rings. The standard InChI is InChI=1S/C14H20F2N2/c1-9(10-2-3-10)8-18-14(7-17)12-5-4-11(15)6-13(12)16/h4-6,9-10,14,18H,2-3,7-8,17H2,1H3. The third-order valence-electron chi connectivity index (χ3n) is 3.69. The van der Waals surface area contributed by atoms with Gasteiger partial charge >= 0.3 is 0 Å². The molecule has 3 N–H and O–H groups in total. The zero-order valence-corrected chi connectivity index (χ0v) is 10.6. The normalized spacial score (nSPS) is 18.7. The number of hydrogen-bond donors (Lipinski definition) is 2. The highest BCUT2D eigenvalue weighted by Gasteiger charge is 2.28. The SMILES string of the molecule is CC(CNC(CN)c1ccc(F)cc1F)C1CC1. The first kappa shape index (κ1) is 13.4. The maximum Gasteiger partial charge on any atom is 0.130 e. The molecule has 1 saturated carbocycles. The van der Waals surface area contributed by atoms with Gasteiger partial charge in [0.05, 0.1) is 0 Å². The Hall–Kier alpha value is -1.00. The van der Waals surface area contributed by atoms with E-state index in [2.05, 4.69) is 12.2 Å². The van der Waals surface area contributed by atoms with E-state index in [4.69, 9.17) is 5.73 Å². The minimum Gasteiger partial charge on any atom is -0.329 e. The molecular weight excluding hydrogens is 234 g/mol. The van der Waals surface area contributed by atoms with Gasteiger partial charge in [0, 0.05) is 24.2 Å². The molecule has 0 radical (unpaired) electrons. The fraction of sp³-hybridized carbons (Fsp3) is 0.571. The van der Waals surface area contributed by atoms with Crippen LogP contribution < -0.4 is 11.1 Å². The van der Waals surface area contributed by atoms with Gasteiger partial charge in [0.25, 0.3) is 0 Å². The lowest BCUT2D eigenvalue weighted by molar-refractivity contribution is 0.414. The first-order valence-electron chi connectivity index (χ1n) is 6.50. The molecule has 4 heteroatoms. The average molecular weight is 254 g/mol. The summed E-state index contributed by atoms with van der Waals surface area (Å²) in [6.45, 7) is 3.32. The van der Waals surface area contributed by atoms with Crippen molar-refractivity contribution in [2.75, 3.05) is 13.1 Å². The molecule has 2 unspecified atom stereocenters. The van der Waals surface area contributed by atoms with E-state index in [-0.39, 0.29) is 6.04 Å². The van der Waals surface area contributed by atoms with Crippen LogP contribution in [0.25, 0.3) is 0 Å². The summed E-state index contributed by atoms with van der Waals surface area (Å²) < 4.78 is 26.5. The van der Waals surface area contributed by atoms with Crippen molar-refractivity contribution < 1.29 is 8.78 Å². The fourth-order valence-electron chi connectivity index (χ4n) is 2.26. The van der Waals surface area contributed by atoms with Crippen molar-refractivity contribution in [2.45, 2.75) is 25.8 Å². The molecule has 100 valence electrons. The molecule has 2 atom stereocenters. The summed E-state index contributed by atoms with van der Waals surface area (Å²) in [6, 6.07) is 3.40. The summed E-state index contributed by atoms with van der Waals surface area (Å²) in [5, 5.41) is 3.28. The van der Waals surface area contributed by atoms with Crippen molar-refractivity contribution in [1.82, 2.24) is 5.32 Å². The van der Waals surface area contributed by atoms with Crippen LogP contribution in [0.3, 0.4) is 0 Å². The summed E-state index contributed by atoms with van der Waals surface area (Å²) in [7, 11) is 0. The Morgan fingerprint density at radius 2 is 2.11 bits per heavy atom. The average Bonchev–Trinajstić information content (AvgIpc) is 3.15. The molecule has 1 fully saturated rings. The lowest BCUT2D eigenvalue weighted by Gasteiger charge is -2.20. The van der Waals surface area contributed by atoms with E-state index in [1.807, 2.05) is 0 Å². The Bertz CT molecular complexity index is 405. The van der Waals surface area contributed by atoms with Crippen LogP contribution in [-0.2, 0) is 0 Å². The van der Waals surface area contributed by atoms with Gasteiger partial charge in [-0.25, -0.2) is 8.78 Å². The molecular formula is C14H20F2N2. The first-order valence-corrected chi connectivity index (χ1v) is 6.50. The van der Waals surface area contributed by atoms with Gasteiger partial charge in [-0.15, -0.1) is 0 Å². The highest BCUT2D eigenvalue weighted by molar-refractivity contribution is 5.22. The Kier molecular flexibility index (Phi) is 4.30. The van der Waals surface area contributed by atoms with Crippen molar-refractivity contribution >= 4 is 0 Å². The third kappa shape index (κ3) is 3.27. The Morgan fingerprint density at radius 1 is 1.39 bits per heavy atom. The fourth-order valence-corrected chi connectivity index (χ4v) is 2.26. The lowest BCUT2D eigenvalue weighted by Crippen LogP contribution is -2.32. The van der Waals surface area contributed by atoms with E-state index >= 15 is 0 Å². The van der Waals surface area contributed by atoms with E-state index in [1.165, 1.54) is 25.0 Å². The number of nitrogens with two attached hydrogens (primary N) is 1. The molecule has 2 rings (SSSR count). The van der Waals surface area contributed by atoms with Gasteiger partial charge in [0.1, 0.15) is 11.6 Å². The van der Waals surface area contributed by atoms with Crippen LogP contribution in [0.1, 0.15) is 31.4 Å². The molecule has 0 aliphatic heterocycles. The van der Waals surface area contributed by atoms with Crippen LogP contribution in [0.2, 0.25) is 0 Å². The van der Waals surface area contributed by atoms with Crippen LogP contribution >= 0.6 is 0 Å². The van der Waals surface area contributed by atoms with Gasteiger partial charge in [-0.3, -0.25) is 0 Å². The largest absolute Gasteiger partial charge is 0.329 e. The monoisotopic (exact) mass is 254 g/mol. The molecule has 1 aliphatic carbocycles.